The number of anilines is 2. The van der Waals surface area contributed by atoms with Gasteiger partial charge in [0, 0.05) is 12.7 Å². The Balaban J connectivity index is 2.49. The first-order valence-electron chi connectivity index (χ1n) is 5.95. The Morgan fingerprint density at radius 3 is 2.37 bits per heavy atom. The first-order chi connectivity index (χ1) is 9.02. The van der Waals surface area contributed by atoms with Crippen LogP contribution in [0.3, 0.4) is 0 Å². The van der Waals surface area contributed by atoms with Crippen molar-refractivity contribution in [2.24, 2.45) is 0 Å². The van der Waals surface area contributed by atoms with Crippen LogP contribution >= 0.6 is 11.6 Å². The zero-order valence-electron chi connectivity index (χ0n) is 11.2. The van der Waals surface area contributed by atoms with Gasteiger partial charge < -0.3 is 10.0 Å². The molecule has 0 aliphatic heterocycles. The normalized spacial score (nSPS) is 10.6. The standard InChI is InChI=1S/C14H16ClN3O/c1-9-4-10(2)6-11(5-9)18(3)14-12(7-19)13(15)16-8-17-14/h4-6,8,19H,7H2,1-3H3. The number of benzene rings is 1. The molecule has 0 aliphatic rings. The number of aryl methyl sites for hydroxylation is 2. The van der Waals surface area contributed by atoms with Crippen LogP contribution in [0.25, 0.3) is 0 Å². The predicted molar refractivity (Wildman–Crippen MR) is 76.9 cm³/mol. The second kappa shape index (κ2) is 5.55. The van der Waals surface area contributed by atoms with E-state index in [1.165, 1.54) is 17.5 Å². The molecule has 0 bridgehead atoms. The molecule has 1 aromatic heterocycles. The van der Waals surface area contributed by atoms with Crippen molar-refractivity contribution in [1.82, 2.24) is 9.97 Å². The highest BCUT2D eigenvalue weighted by Crippen LogP contribution is 2.29. The van der Waals surface area contributed by atoms with Crippen molar-refractivity contribution >= 4 is 23.1 Å². The second-order valence-corrected chi connectivity index (χ2v) is 4.89. The van der Waals surface area contributed by atoms with Gasteiger partial charge in [-0.2, -0.15) is 0 Å². The van der Waals surface area contributed by atoms with Gasteiger partial charge in [0.25, 0.3) is 0 Å². The minimum atomic E-state index is -0.190. The maximum absolute atomic E-state index is 9.41. The van der Waals surface area contributed by atoms with Crippen LogP contribution in [-0.2, 0) is 6.61 Å². The molecular weight excluding hydrogens is 262 g/mol. The third kappa shape index (κ3) is 2.85. The van der Waals surface area contributed by atoms with Crippen LogP contribution in [0.2, 0.25) is 5.15 Å². The summed E-state index contributed by atoms with van der Waals surface area (Å²) in [6, 6.07) is 6.23. The van der Waals surface area contributed by atoms with Crippen LogP contribution in [0.1, 0.15) is 16.7 Å². The van der Waals surface area contributed by atoms with E-state index in [0.29, 0.717) is 11.4 Å². The van der Waals surface area contributed by atoms with E-state index in [-0.39, 0.29) is 11.8 Å². The number of rotatable bonds is 3. The van der Waals surface area contributed by atoms with Crippen molar-refractivity contribution in [2.75, 3.05) is 11.9 Å². The molecule has 0 aliphatic carbocycles. The van der Waals surface area contributed by atoms with E-state index in [0.717, 1.165) is 5.69 Å². The number of aliphatic hydroxyl groups excluding tert-OH is 1. The highest BCUT2D eigenvalue weighted by molar-refractivity contribution is 6.30. The molecule has 100 valence electrons. The summed E-state index contributed by atoms with van der Waals surface area (Å²) < 4.78 is 0. The topological polar surface area (TPSA) is 49.2 Å². The average Bonchev–Trinajstić information content (AvgIpc) is 2.36. The Labute approximate surface area is 117 Å². The zero-order chi connectivity index (χ0) is 14.0. The lowest BCUT2D eigenvalue weighted by Crippen LogP contribution is -2.14. The highest BCUT2D eigenvalue weighted by Gasteiger charge is 2.14. The first kappa shape index (κ1) is 13.8. The molecule has 19 heavy (non-hydrogen) atoms. The lowest BCUT2D eigenvalue weighted by Gasteiger charge is -2.21. The smallest absolute Gasteiger partial charge is 0.143 e. The molecule has 1 heterocycles. The van der Waals surface area contributed by atoms with Crippen molar-refractivity contribution in [3.05, 3.63) is 46.4 Å². The van der Waals surface area contributed by atoms with Gasteiger partial charge in [0.15, 0.2) is 0 Å². The molecular formula is C14H16ClN3O. The van der Waals surface area contributed by atoms with Gasteiger partial charge in [0.2, 0.25) is 0 Å². The molecule has 4 nitrogen and oxygen atoms in total. The van der Waals surface area contributed by atoms with Gasteiger partial charge in [-0.05, 0) is 37.1 Å². The van der Waals surface area contributed by atoms with Gasteiger partial charge in [0.1, 0.15) is 17.3 Å². The number of halogens is 1. The van der Waals surface area contributed by atoms with Crippen LogP contribution in [-0.4, -0.2) is 22.1 Å². The van der Waals surface area contributed by atoms with Crippen LogP contribution < -0.4 is 4.90 Å². The second-order valence-electron chi connectivity index (χ2n) is 4.53. The molecule has 0 spiro atoms. The lowest BCUT2D eigenvalue weighted by molar-refractivity contribution is 0.281. The summed E-state index contributed by atoms with van der Waals surface area (Å²) in [4.78, 5) is 10.0. The summed E-state index contributed by atoms with van der Waals surface area (Å²) in [5, 5.41) is 9.69. The van der Waals surface area contributed by atoms with Gasteiger partial charge in [-0.3, -0.25) is 0 Å². The molecule has 0 unspecified atom stereocenters. The van der Waals surface area contributed by atoms with Crippen molar-refractivity contribution in [3.63, 3.8) is 0 Å². The SMILES string of the molecule is Cc1cc(C)cc(N(C)c2ncnc(Cl)c2CO)c1. The molecule has 0 fully saturated rings. The van der Waals surface area contributed by atoms with Gasteiger partial charge in [-0.25, -0.2) is 9.97 Å². The van der Waals surface area contributed by atoms with E-state index < -0.39 is 0 Å². The van der Waals surface area contributed by atoms with Gasteiger partial charge in [-0.15, -0.1) is 0 Å². The van der Waals surface area contributed by atoms with Gasteiger partial charge in [0.05, 0.1) is 12.2 Å². The van der Waals surface area contributed by atoms with Crippen molar-refractivity contribution < 1.29 is 5.11 Å². The van der Waals surface area contributed by atoms with Gasteiger partial charge in [-0.1, -0.05) is 17.7 Å². The molecule has 1 aromatic carbocycles. The number of aliphatic hydroxyl groups is 1. The fraction of sp³-hybridized carbons (Fsp3) is 0.286. The highest BCUT2D eigenvalue weighted by atomic mass is 35.5. The quantitative estimate of drug-likeness (QED) is 0.876. The summed E-state index contributed by atoms with van der Waals surface area (Å²) in [5.74, 6) is 0.618. The largest absolute Gasteiger partial charge is 0.391 e. The average molecular weight is 278 g/mol. The molecule has 2 aromatic rings. The maximum atomic E-state index is 9.41. The molecule has 2 rings (SSSR count). The molecule has 5 heteroatoms. The molecule has 0 radical (unpaired) electrons. The monoisotopic (exact) mass is 277 g/mol. The van der Waals surface area contributed by atoms with E-state index in [4.69, 9.17) is 11.6 Å². The van der Waals surface area contributed by atoms with Crippen molar-refractivity contribution in [3.8, 4) is 0 Å². The Kier molecular flexibility index (Phi) is 4.02. The third-order valence-electron chi connectivity index (χ3n) is 2.94. The predicted octanol–water partition coefficient (Wildman–Crippen LogP) is 3.01. The Bertz CT molecular complexity index is 581. The number of nitrogens with zero attached hydrogens (tertiary/aromatic N) is 3. The van der Waals surface area contributed by atoms with Crippen LogP contribution in [0, 0.1) is 13.8 Å². The number of hydrogen-bond donors (Lipinski definition) is 1. The van der Waals surface area contributed by atoms with Crippen LogP contribution in [0.5, 0.6) is 0 Å². The van der Waals surface area contributed by atoms with E-state index in [1.54, 1.807) is 0 Å². The lowest BCUT2D eigenvalue weighted by atomic mass is 10.1. The summed E-state index contributed by atoms with van der Waals surface area (Å²) in [7, 11) is 1.89. The molecule has 0 amide bonds. The first-order valence-corrected chi connectivity index (χ1v) is 6.33. The summed E-state index contributed by atoms with van der Waals surface area (Å²) >= 11 is 5.99. The van der Waals surface area contributed by atoms with Crippen LogP contribution in [0.15, 0.2) is 24.5 Å². The summed E-state index contributed by atoms with van der Waals surface area (Å²) in [5.41, 5.74) is 3.88. The summed E-state index contributed by atoms with van der Waals surface area (Å²) in [6.45, 7) is 3.90. The maximum Gasteiger partial charge on any atom is 0.143 e. The number of hydrogen-bond acceptors (Lipinski definition) is 4. The summed E-state index contributed by atoms with van der Waals surface area (Å²) in [6.07, 6.45) is 1.40. The molecule has 0 saturated heterocycles. The van der Waals surface area contributed by atoms with E-state index in [2.05, 4.69) is 28.2 Å². The van der Waals surface area contributed by atoms with Crippen molar-refractivity contribution in [2.45, 2.75) is 20.5 Å². The molecule has 0 atom stereocenters. The molecule has 0 saturated carbocycles. The zero-order valence-corrected chi connectivity index (χ0v) is 11.9. The fourth-order valence-corrected chi connectivity index (χ4v) is 2.26. The molecule has 1 N–H and O–H groups in total. The van der Waals surface area contributed by atoms with E-state index >= 15 is 0 Å². The Hall–Kier alpha value is -1.65. The number of aromatic nitrogens is 2. The fourth-order valence-electron chi connectivity index (χ4n) is 2.07. The van der Waals surface area contributed by atoms with Crippen LogP contribution in [0.4, 0.5) is 11.5 Å². The van der Waals surface area contributed by atoms with Crippen molar-refractivity contribution in [1.29, 1.82) is 0 Å². The minimum absolute atomic E-state index is 0.190. The van der Waals surface area contributed by atoms with E-state index in [9.17, 15) is 5.11 Å². The Morgan fingerprint density at radius 2 is 1.79 bits per heavy atom. The Morgan fingerprint density at radius 1 is 1.16 bits per heavy atom. The van der Waals surface area contributed by atoms with Gasteiger partial charge >= 0.3 is 0 Å². The third-order valence-corrected chi connectivity index (χ3v) is 3.27. The minimum Gasteiger partial charge on any atom is -0.391 e. The van der Waals surface area contributed by atoms with E-state index in [1.807, 2.05) is 25.8 Å².